The number of hydrogen-bond donors (Lipinski definition) is 2. The van der Waals surface area contributed by atoms with Gasteiger partial charge >= 0.3 is 5.97 Å². The molecule has 1 fully saturated rings. The van der Waals surface area contributed by atoms with Gasteiger partial charge in [0.15, 0.2) is 0 Å². The molecule has 1 heterocycles. The highest BCUT2D eigenvalue weighted by atomic mass is 16.4. The Labute approximate surface area is 100 Å². The summed E-state index contributed by atoms with van der Waals surface area (Å²) in [7, 11) is 1.87. The van der Waals surface area contributed by atoms with E-state index in [2.05, 4.69) is 10.4 Å². The molecular weight excluding hydrogens is 218 g/mol. The number of hydrogen-bond acceptors (Lipinski definition) is 4. The van der Waals surface area contributed by atoms with E-state index in [0.717, 1.165) is 30.7 Å². The predicted octanol–water partition coefficient (Wildman–Crippen LogP) is 1.51. The standard InChI is InChI=1S/C12H17N3O2/c1-15-8-9(6-7-13-15)14-11-5-3-2-4-10(11)12(16)17/h6-8,10,13H,2-5H2,1H3,(H,16,17). The minimum atomic E-state index is -0.754. The summed E-state index contributed by atoms with van der Waals surface area (Å²) in [5.74, 6) is -1.16. The Kier molecular flexibility index (Phi) is 3.46. The average molecular weight is 235 g/mol. The lowest BCUT2D eigenvalue weighted by Gasteiger charge is -2.22. The third-order valence-corrected chi connectivity index (χ3v) is 3.01. The second-order valence-electron chi connectivity index (χ2n) is 4.37. The number of nitrogens with one attached hydrogen (secondary N) is 1. The fourth-order valence-corrected chi connectivity index (χ4v) is 2.15. The van der Waals surface area contributed by atoms with Gasteiger partial charge in [-0.25, -0.2) is 0 Å². The second kappa shape index (κ2) is 5.03. The summed E-state index contributed by atoms with van der Waals surface area (Å²) in [6.45, 7) is 0. The number of nitrogens with zero attached hydrogens (tertiary/aromatic N) is 2. The Morgan fingerprint density at radius 2 is 2.41 bits per heavy atom. The first-order valence-corrected chi connectivity index (χ1v) is 5.84. The van der Waals surface area contributed by atoms with Crippen molar-refractivity contribution < 1.29 is 9.90 Å². The van der Waals surface area contributed by atoms with E-state index in [1.165, 1.54) is 0 Å². The molecule has 1 unspecified atom stereocenters. The van der Waals surface area contributed by atoms with Gasteiger partial charge in [0.05, 0.1) is 11.6 Å². The molecule has 1 saturated carbocycles. The molecule has 1 aliphatic heterocycles. The van der Waals surface area contributed by atoms with Gasteiger partial charge in [0.2, 0.25) is 0 Å². The van der Waals surface area contributed by atoms with Crippen molar-refractivity contribution in [2.45, 2.75) is 25.7 Å². The summed E-state index contributed by atoms with van der Waals surface area (Å²) < 4.78 is 0. The maximum atomic E-state index is 11.1. The van der Waals surface area contributed by atoms with E-state index in [9.17, 15) is 4.79 Å². The quantitative estimate of drug-likeness (QED) is 0.761. The van der Waals surface area contributed by atoms with Gasteiger partial charge in [-0.05, 0) is 25.3 Å². The van der Waals surface area contributed by atoms with Gasteiger partial charge in [-0.3, -0.25) is 14.8 Å². The maximum absolute atomic E-state index is 11.1. The van der Waals surface area contributed by atoms with Gasteiger partial charge < -0.3 is 10.5 Å². The van der Waals surface area contributed by atoms with Gasteiger partial charge in [0, 0.05) is 25.2 Å². The van der Waals surface area contributed by atoms with E-state index in [-0.39, 0.29) is 0 Å². The largest absolute Gasteiger partial charge is 0.481 e. The van der Waals surface area contributed by atoms with Crippen LogP contribution in [0.4, 0.5) is 0 Å². The van der Waals surface area contributed by atoms with Gasteiger partial charge in [0.1, 0.15) is 0 Å². The highest BCUT2D eigenvalue weighted by Crippen LogP contribution is 2.23. The lowest BCUT2D eigenvalue weighted by atomic mass is 9.87. The Morgan fingerprint density at radius 1 is 1.59 bits per heavy atom. The number of allylic oxidation sites excluding steroid dienone is 1. The normalized spacial score (nSPS) is 26.6. The van der Waals surface area contributed by atoms with Gasteiger partial charge in [-0.1, -0.05) is 6.42 Å². The van der Waals surface area contributed by atoms with Gasteiger partial charge in [0.25, 0.3) is 0 Å². The van der Waals surface area contributed by atoms with Crippen LogP contribution < -0.4 is 5.43 Å². The fraction of sp³-hybridized carbons (Fsp3) is 0.500. The van der Waals surface area contributed by atoms with E-state index in [1.54, 1.807) is 11.2 Å². The summed E-state index contributed by atoms with van der Waals surface area (Å²) in [6.07, 6.45) is 9.00. The van der Waals surface area contributed by atoms with Gasteiger partial charge in [-0.2, -0.15) is 0 Å². The van der Waals surface area contributed by atoms with Crippen molar-refractivity contribution in [3.8, 4) is 0 Å². The fourth-order valence-electron chi connectivity index (χ4n) is 2.15. The van der Waals surface area contributed by atoms with Crippen LogP contribution in [0, 0.1) is 5.92 Å². The minimum absolute atomic E-state index is 0.404. The summed E-state index contributed by atoms with van der Waals surface area (Å²) in [5.41, 5.74) is 4.58. The van der Waals surface area contributed by atoms with Crippen molar-refractivity contribution in [3.63, 3.8) is 0 Å². The number of carboxylic acid groups (broad SMARTS) is 1. The van der Waals surface area contributed by atoms with Crippen molar-refractivity contribution in [2.24, 2.45) is 10.9 Å². The van der Waals surface area contributed by atoms with Crippen LogP contribution in [0.25, 0.3) is 0 Å². The van der Waals surface area contributed by atoms with E-state index in [4.69, 9.17) is 5.11 Å². The molecule has 0 aromatic rings. The topological polar surface area (TPSA) is 64.9 Å². The predicted molar refractivity (Wildman–Crippen MR) is 65.2 cm³/mol. The first-order valence-electron chi connectivity index (χ1n) is 5.84. The van der Waals surface area contributed by atoms with Crippen LogP contribution in [-0.4, -0.2) is 28.8 Å². The molecule has 2 rings (SSSR count). The highest BCUT2D eigenvalue weighted by molar-refractivity contribution is 6.02. The Hall–Kier alpha value is -1.78. The molecule has 5 heteroatoms. The lowest BCUT2D eigenvalue weighted by molar-refractivity contribution is -0.139. The summed E-state index contributed by atoms with van der Waals surface area (Å²) in [5, 5.41) is 10.9. The van der Waals surface area contributed by atoms with Crippen LogP contribution in [0.15, 0.2) is 29.2 Å². The first-order chi connectivity index (χ1) is 8.16. The van der Waals surface area contributed by atoms with Crippen molar-refractivity contribution >= 4 is 11.7 Å². The van der Waals surface area contributed by atoms with E-state index in [1.807, 2.05) is 19.3 Å². The van der Waals surface area contributed by atoms with E-state index in [0.29, 0.717) is 6.42 Å². The molecule has 0 aromatic carbocycles. The average Bonchev–Trinajstić information content (AvgIpc) is 2.29. The number of rotatable bonds is 2. The Morgan fingerprint density at radius 3 is 3.12 bits per heavy atom. The van der Waals surface area contributed by atoms with Crippen LogP contribution in [0.2, 0.25) is 0 Å². The third kappa shape index (κ3) is 2.87. The third-order valence-electron chi connectivity index (χ3n) is 3.01. The summed E-state index contributed by atoms with van der Waals surface area (Å²) in [6, 6.07) is 0. The number of aliphatic carboxylic acids is 1. The summed E-state index contributed by atoms with van der Waals surface area (Å²) >= 11 is 0. The molecule has 92 valence electrons. The van der Waals surface area contributed by atoms with Crippen LogP contribution in [0.3, 0.4) is 0 Å². The molecule has 0 radical (unpaired) electrons. The zero-order valence-corrected chi connectivity index (χ0v) is 9.89. The van der Waals surface area contributed by atoms with Crippen LogP contribution in [-0.2, 0) is 4.79 Å². The number of aliphatic imine (C=N–C) groups is 1. The molecule has 0 amide bonds. The van der Waals surface area contributed by atoms with Crippen LogP contribution in [0.5, 0.6) is 0 Å². The molecule has 0 saturated heterocycles. The molecule has 0 bridgehead atoms. The molecule has 0 aromatic heterocycles. The van der Waals surface area contributed by atoms with Crippen molar-refractivity contribution in [2.75, 3.05) is 7.05 Å². The molecule has 1 aliphatic carbocycles. The minimum Gasteiger partial charge on any atom is -0.481 e. The zero-order valence-electron chi connectivity index (χ0n) is 9.89. The summed E-state index contributed by atoms with van der Waals surface area (Å²) in [4.78, 5) is 15.6. The lowest BCUT2D eigenvalue weighted by Crippen LogP contribution is -2.29. The number of carboxylic acids is 1. The molecule has 0 spiro atoms. The second-order valence-corrected chi connectivity index (χ2v) is 4.37. The SMILES string of the molecule is CN1C=C(N=C2CCCCC2C(=O)O)C=CN1. The van der Waals surface area contributed by atoms with Crippen LogP contribution in [0.1, 0.15) is 25.7 Å². The molecule has 1 atom stereocenters. The molecule has 2 aliphatic rings. The molecule has 17 heavy (non-hydrogen) atoms. The van der Waals surface area contributed by atoms with Crippen LogP contribution >= 0.6 is 0 Å². The molecule has 2 N–H and O–H groups in total. The van der Waals surface area contributed by atoms with E-state index >= 15 is 0 Å². The smallest absolute Gasteiger partial charge is 0.312 e. The van der Waals surface area contributed by atoms with Crippen molar-refractivity contribution in [1.29, 1.82) is 0 Å². The first kappa shape index (κ1) is 11.7. The zero-order chi connectivity index (χ0) is 12.3. The highest BCUT2D eigenvalue weighted by Gasteiger charge is 2.26. The Balaban J connectivity index is 2.18. The number of carbonyl (C=O) groups is 1. The molecular formula is C12H17N3O2. The van der Waals surface area contributed by atoms with Crippen molar-refractivity contribution in [3.05, 3.63) is 24.2 Å². The monoisotopic (exact) mass is 235 g/mol. The van der Waals surface area contributed by atoms with Crippen molar-refractivity contribution in [1.82, 2.24) is 10.4 Å². The Bertz CT molecular complexity index is 399. The number of hydrazine groups is 1. The maximum Gasteiger partial charge on any atom is 0.312 e. The van der Waals surface area contributed by atoms with E-state index < -0.39 is 11.9 Å². The molecule has 5 nitrogen and oxygen atoms in total. The van der Waals surface area contributed by atoms with Gasteiger partial charge in [-0.15, -0.1) is 0 Å².